The lowest BCUT2D eigenvalue weighted by atomic mass is 10.1. The van der Waals surface area contributed by atoms with Gasteiger partial charge in [-0.1, -0.05) is 54.1 Å². The topological polar surface area (TPSA) is 47.9 Å². The average Bonchev–Trinajstić information content (AvgIpc) is 2.81. The molecule has 4 rings (SSSR count). The molecule has 0 spiro atoms. The van der Waals surface area contributed by atoms with Crippen LogP contribution in [-0.2, 0) is 6.54 Å². The van der Waals surface area contributed by atoms with E-state index in [0.717, 1.165) is 38.3 Å². The fourth-order valence-electron chi connectivity index (χ4n) is 3.64. The fourth-order valence-corrected chi connectivity index (χ4v) is 3.84. The van der Waals surface area contributed by atoms with Crippen molar-refractivity contribution in [2.45, 2.75) is 6.54 Å². The number of hydrogen-bond acceptors (Lipinski definition) is 4. The number of anilines is 1. The van der Waals surface area contributed by atoms with Crippen LogP contribution in [0.25, 0.3) is 0 Å². The van der Waals surface area contributed by atoms with Crippen LogP contribution in [0.5, 0.6) is 0 Å². The molecule has 1 amide bonds. The van der Waals surface area contributed by atoms with Crippen LogP contribution in [0.2, 0.25) is 5.02 Å². The van der Waals surface area contributed by atoms with Crippen LogP contribution in [0.15, 0.2) is 84.0 Å². The highest BCUT2D eigenvalue weighted by Gasteiger charge is 2.17. The molecule has 31 heavy (non-hydrogen) atoms. The predicted molar refractivity (Wildman–Crippen MR) is 127 cm³/mol. The van der Waals surface area contributed by atoms with Gasteiger partial charge in [0.1, 0.15) is 0 Å². The Morgan fingerprint density at radius 1 is 0.935 bits per heavy atom. The summed E-state index contributed by atoms with van der Waals surface area (Å²) in [5.74, 6) is -0.235. The van der Waals surface area contributed by atoms with E-state index in [4.69, 9.17) is 11.6 Å². The summed E-state index contributed by atoms with van der Waals surface area (Å²) in [6.07, 6.45) is 1.58. The molecule has 5 nitrogen and oxygen atoms in total. The molecule has 3 aromatic rings. The van der Waals surface area contributed by atoms with E-state index < -0.39 is 0 Å². The third-order valence-corrected chi connectivity index (χ3v) is 5.58. The van der Waals surface area contributed by atoms with Gasteiger partial charge in [0, 0.05) is 49.0 Å². The van der Waals surface area contributed by atoms with Gasteiger partial charge >= 0.3 is 0 Å². The Bertz CT molecular complexity index is 1030. The van der Waals surface area contributed by atoms with Crippen molar-refractivity contribution >= 4 is 29.4 Å². The van der Waals surface area contributed by atoms with E-state index in [2.05, 4.69) is 50.7 Å². The standard InChI is InChI=1S/C25H25ClN4O/c26-23-6-4-5-21(17-23)18-27-28-25(31)22-11-9-20(10-12-22)19-29-13-15-30(16-14-29)24-7-2-1-3-8-24/h1-12,17-18H,13-16,19H2,(H,28,31)/b27-18-. The van der Waals surface area contributed by atoms with Crippen molar-refractivity contribution in [2.75, 3.05) is 31.1 Å². The molecule has 158 valence electrons. The number of halogens is 1. The summed E-state index contributed by atoms with van der Waals surface area (Å²) in [5, 5.41) is 4.64. The quantitative estimate of drug-likeness (QED) is 0.463. The Morgan fingerprint density at radius 3 is 2.39 bits per heavy atom. The lowest BCUT2D eigenvalue weighted by Gasteiger charge is -2.36. The summed E-state index contributed by atoms with van der Waals surface area (Å²) >= 11 is 5.95. The highest BCUT2D eigenvalue weighted by Crippen LogP contribution is 2.17. The maximum atomic E-state index is 12.3. The molecular formula is C25H25ClN4O. The minimum atomic E-state index is -0.235. The summed E-state index contributed by atoms with van der Waals surface area (Å²) in [5.41, 5.74) is 6.46. The number of hydrazone groups is 1. The number of benzene rings is 3. The first-order valence-corrected chi connectivity index (χ1v) is 10.8. The molecule has 0 radical (unpaired) electrons. The smallest absolute Gasteiger partial charge is 0.271 e. The van der Waals surface area contributed by atoms with Gasteiger partial charge in [0.25, 0.3) is 5.91 Å². The number of nitrogens with zero attached hydrogens (tertiary/aromatic N) is 3. The van der Waals surface area contributed by atoms with Crippen LogP contribution in [0, 0.1) is 0 Å². The Labute approximate surface area is 187 Å². The van der Waals surface area contributed by atoms with Gasteiger partial charge < -0.3 is 4.90 Å². The lowest BCUT2D eigenvalue weighted by Crippen LogP contribution is -2.45. The second-order valence-corrected chi connectivity index (χ2v) is 7.99. The molecule has 1 aliphatic heterocycles. The zero-order valence-electron chi connectivity index (χ0n) is 17.2. The number of piperazine rings is 1. The van der Waals surface area contributed by atoms with Gasteiger partial charge in [0.05, 0.1) is 6.21 Å². The van der Waals surface area contributed by atoms with E-state index in [-0.39, 0.29) is 5.91 Å². The van der Waals surface area contributed by atoms with Gasteiger partial charge in [-0.15, -0.1) is 0 Å². The fraction of sp³-hybridized carbons (Fsp3) is 0.200. The maximum absolute atomic E-state index is 12.3. The molecule has 3 aromatic carbocycles. The molecule has 0 aromatic heterocycles. The number of rotatable bonds is 6. The second kappa shape index (κ2) is 10.2. The number of para-hydroxylation sites is 1. The number of carbonyl (C=O) groups excluding carboxylic acids is 1. The maximum Gasteiger partial charge on any atom is 0.271 e. The van der Waals surface area contributed by atoms with E-state index in [0.29, 0.717) is 10.6 Å². The summed E-state index contributed by atoms with van der Waals surface area (Å²) in [6, 6.07) is 25.6. The zero-order valence-corrected chi connectivity index (χ0v) is 18.0. The monoisotopic (exact) mass is 432 g/mol. The van der Waals surface area contributed by atoms with Crippen molar-refractivity contribution in [3.05, 3.63) is 101 Å². The number of hydrogen-bond donors (Lipinski definition) is 1. The Balaban J connectivity index is 1.26. The first-order chi connectivity index (χ1) is 15.2. The van der Waals surface area contributed by atoms with Crippen molar-refractivity contribution < 1.29 is 4.79 Å². The molecule has 1 saturated heterocycles. The van der Waals surface area contributed by atoms with E-state index in [1.807, 2.05) is 36.4 Å². The largest absolute Gasteiger partial charge is 0.369 e. The molecule has 1 fully saturated rings. The highest BCUT2D eigenvalue weighted by molar-refractivity contribution is 6.30. The third kappa shape index (κ3) is 5.94. The SMILES string of the molecule is O=C(N/N=C\c1cccc(Cl)c1)c1ccc(CN2CCN(c3ccccc3)CC2)cc1. The van der Waals surface area contributed by atoms with Crippen molar-refractivity contribution in [1.82, 2.24) is 10.3 Å². The van der Waals surface area contributed by atoms with Crippen molar-refractivity contribution in [2.24, 2.45) is 5.10 Å². The van der Waals surface area contributed by atoms with Crippen molar-refractivity contribution in [3.63, 3.8) is 0 Å². The molecule has 1 heterocycles. The number of carbonyl (C=O) groups is 1. The molecule has 0 aliphatic carbocycles. The predicted octanol–water partition coefficient (Wildman–Crippen LogP) is 4.43. The van der Waals surface area contributed by atoms with Crippen LogP contribution in [0.3, 0.4) is 0 Å². The summed E-state index contributed by atoms with van der Waals surface area (Å²) in [6.45, 7) is 4.98. The minimum Gasteiger partial charge on any atom is -0.369 e. The van der Waals surface area contributed by atoms with Gasteiger partial charge in [0.15, 0.2) is 0 Å². The zero-order chi connectivity index (χ0) is 21.5. The van der Waals surface area contributed by atoms with E-state index in [1.165, 1.54) is 11.3 Å². The van der Waals surface area contributed by atoms with E-state index >= 15 is 0 Å². The average molecular weight is 433 g/mol. The minimum absolute atomic E-state index is 0.235. The van der Waals surface area contributed by atoms with Gasteiger partial charge in [0.2, 0.25) is 0 Å². The van der Waals surface area contributed by atoms with Crippen LogP contribution < -0.4 is 10.3 Å². The van der Waals surface area contributed by atoms with Crippen LogP contribution >= 0.6 is 11.6 Å². The number of amides is 1. The molecule has 0 saturated carbocycles. The molecule has 1 N–H and O–H groups in total. The van der Waals surface area contributed by atoms with Crippen molar-refractivity contribution in [1.29, 1.82) is 0 Å². The van der Waals surface area contributed by atoms with E-state index in [9.17, 15) is 4.79 Å². The summed E-state index contributed by atoms with van der Waals surface area (Å²) in [7, 11) is 0. The second-order valence-electron chi connectivity index (χ2n) is 7.55. The molecule has 6 heteroatoms. The molecule has 0 atom stereocenters. The van der Waals surface area contributed by atoms with Gasteiger partial charge in [-0.3, -0.25) is 9.69 Å². The van der Waals surface area contributed by atoms with E-state index in [1.54, 1.807) is 18.3 Å². The summed E-state index contributed by atoms with van der Waals surface area (Å²) in [4.78, 5) is 17.2. The Kier molecular flexibility index (Phi) is 6.97. The first kappa shape index (κ1) is 21.1. The number of nitrogens with one attached hydrogen (secondary N) is 1. The normalized spacial score (nSPS) is 14.7. The molecule has 0 unspecified atom stereocenters. The van der Waals surface area contributed by atoms with Gasteiger partial charge in [-0.2, -0.15) is 5.10 Å². The van der Waals surface area contributed by atoms with Crippen molar-refractivity contribution in [3.8, 4) is 0 Å². The Morgan fingerprint density at radius 2 is 1.68 bits per heavy atom. The van der Waals surface area contributed by atoms with Gasteiger partial charge in [-0.25, -0.2) is 5.43 Å². The lowest BCUT2D eigenvalue weighted by molar-refractivity contribution is 0.0955. The third-order valence-electron chi connectivity index (χ3n) is 5.34. The molecular weight excluding hydrogens is 408 g/mol. The molecule has 0 bridgehead atoms. The van der Waals surface area contributed by atoms with Crippen LogP contribution in [-0.4, -0.2) is 43.2 Å². The Hall–Kier alpha value is -3.15. The first-order valence-electron chi connectivity index (χ1n) is 10.4. The van der Waals surface area contributed by atoms with Crippen LogP contribution in [0.1, 0.15) is 21.5 Å². The molecule has 1 aliphatic rings. The summed E-state index contributed by atoms with van der Waals surface area (Å²) < 4.78 is 0. The van der Waals surface area contributed by atoms with Crippen LogP contribution in [0.4, 0.5) is 5.69 Å². The van der Waals surface area contributed by atoms with Gasteiger partial charge in [-0.05, 0) is 47.5 Å². The highest BCUT2D eigenvalue weighted by atomic mass is 35.5.